The van der Waals surface area contributed by atoms with E-state index in [0.29, 0.717) is 0 Å². The third-order valence-electron chi connectivity index (χ3n) is 3.57. The van der Waals surface area contributed by atoms with Gasteiger partial charge >= 0.3 is 0 Å². The summed E-state index contributed by atoms with van der Waals surface area (Å²) in [5.74, 6) is 0.922. The standard InChI is InChI=1S/C12H25N/c1-4-5-6-7-9-13-10-8-11(2)12(13)3/h11-12H,4-10H2,1-3H3. The minimum Gasteiger partial charge on any atom is -0.300 e. The number of likely N-dealkylation sites (tertiary alicyclic amines) is 1. The summed E-state index contributed by atoms with van der Waals surface area (Å²) in [6.07, 6.45) is 7.01. The smallest absolute Gasteiger partial charge is 0.00930 e. The van der Waals surface area contributed by atoms with E-state index in [4.69, 9.17) is 0 Å². The number of unbranched alkanes of at least 4 members (excludes halogenated alkanes) is 3. The van der Waals surface area contributed by atoms with Crippen molar-refractivity contribution < 1.29 is 0 Å². The van der Waals surface area contributed by atoms with Crippen molar-refractivity contribution in [3.05, 3.63) is 0 Å². The molecule has 0 aromatic carbocycles. The second kappa shape index (κ2) is 5.64. The molecule has 2 unspecified atom stereocenters. The van der Waals surface area contributed by atoms with Gasteiger partial charge in [0.1, 0.15) is 0 Å². The van der Waals surface area contributed by atoms with Gasteiger partial charge in [-0.1, -0.05) is 33.1 Å². The Bertz CT molecular complexity index is 133. The topological polar surface area (TPSA) is 3.24 Å². The van der Waals surface area contributed by atoms with Crippen LogP contribution in [0.2, 0.25) is 0 Å². The second-order valence-corrected chi connectivity index (χ2v) is 4.60. The molecule has 0 spiro atoms. The van der Waals surface area contributed by atoms with Gasteiger partial charge in [-0.05, 0) is 38.8 Å². The zero-order chi connectivity index (χ0) is 9.68. The summed E-state index contributed by atoms with van der Waals surface area (Å²) < 4.78 is 0. The summed E-state index contributed by atoms with van der Waals surface area (Å²) >= 11 is 0. The van der Waals surface area contributed by atoms with Gasteiger partial charge in [-0.2, -0.15) is 0 Å². The highest BCUT2D eigenvalue weighted by Gasteiger charge is 2.26. The van der Waals surface area contributed by atoms with Crippen LogP contribution in [0.3, 0.4) is 0 Å². The summed E-state index contributed by atoms with van der Waals surface area (Å²) in [6, 6.07) is 0.835. The molecule has 1 aliphatic rings. The quantitative estimate of drug-likeness (QED) is 0.591. The van der Waals surface area contributed by atoms with Crippen LogP contribution >= 0.6 is 0 Å². The van der Waals surface area contributed by atoms with Gasteiger partial charge in [0.15, 0.2) is 0 Å². The molecule has 1 nitrogen and oxygen atoms in total. The van der Waals surface area contributed by atoms with E-state index >= 15 is 0 Å². The largest absolute Gasteiger partial charge is 0.300 e. The first kappa shape index (κ1) is 11.0. The Labute approximate surface area is 83.5 Å². The van der Waals surface area contributed by atoms with Crippen LogP contribution in [-0.2, 0) is 0 Å². The zero-order valence-corrected chi connectivity index (χ0v) is 9.55. The maximum absolute atomic E-state index is 2.67. The third kappa shape index (κ3) is 3.30. The van der Waals surface area contributed by atoms with E-state index in [1.165, 1.54) is 45.2 Å². The summed E-state index contributed by atoms with van der Waals surface area (Å²) in [6.45, 7) is 9.73. The molecule has 1 heteroatoms. The maximum Gasteiger partial charge on any atom is 0.00930 e. The number of hydrogen-bond acceptors (Lipinski definition) is 1. The summed E-state index contributed by atoms with van der Waals surface area (Å²) in [5.41, 5.74) is 0. The van der Waals surface area contributed by atoms with Gasteiger partial charge in [-0.25, -0.2) is 0 Å². The average molecular weight is 183 g/mol. The van der Waals surface area contributed by atoms with Crippen LogP contribution in [0, 0.1) is 5.92 Å². The van der Waals surface area contributed by atoms with Crippen molar-refractivity contribution in [3.63, 3.8) is 0 Å². The second-order valence-electron chi connectivity index (χ2n) is 4.60. The zero-order valence-electron chi connectivity index (χ0n) is 9.55. The Morgan fingerprint density at radius 3 is 2.46 bits per heavy atom. The monoisotopic (exact) mass is 183 g/mol. The lowest BCUT2D eigenvalue weighted by Gasteiger charge is -2.22. The lowest BCUT2D eigenvalue weighted by molar-refractivity contribution is 0.242. The van der Waals surface area contributed by atoms with E-state index in [1.54, 1.807) is 0 Å². The Kier molecular flexibility index (Phi) is 4.79. The molecule has 1 aliphatic heterocycles. The van der Waals surface area contributed by atoms with Gasteiger partial charge < -0.3 is 4.90 Å². The normalized spacial score (nSPS) is 29.8. The molecular weight excluding hydrogens is 158 g/mol. The van der Waals surface area contributed by atoms with Gasteiger partial charge in [0.2, 0.25) is 0 Å². The molecule has 1 saturated heterocycles. The van der Waals surface area contributed by atoms with Gasteiger partial charge in [0.25, 0.3) is 0 Å². The van der Waals surface area contributed by atoms with Gasteiger partial charge in [0.05, 0.1) is 0 Å². The highest BCUT2D eigenvalue weighted by Crippen LogP contribution is 2.23. The lowest BCUT2D eigenvalue weighted by atomic mass is 10.1. The van der Waals surface area contributed by atoms with E-state index in [-0.39, 0.29) is 0 Å². The number of nitrogens with zero attached hydrogens (tertiary/aromatic N) is 1. The number of hydrogen-bond donors (Lipinski definition) is 0. The summed E-state index contributed by atoms with van der Waals surface area (Å²) in [7, 11) is 0. The van der Waals surface area contributed by atoms with E-state index < -0.39 is 0 Å². The predicted octanol–water partition coefficient (Wildman–Crippen LogP) is 3.30. The third-order valence-corrected chi connectivity index (χ3v) is 3.57. The van der Waals surface area contributed by atoms with Crippen molar-refractivity contribution in [3.8, 4) is 0 Å². The highest BCUT2D eigenvalue weighted by molar-refractivity contribution is 4.80. The molecule has 0 bridgehead atoms. The van der Waals surface area contributed by atoms with Crippen molar-refractivity contribution in [2.75, 3.05) is 13.1 Å². The minimum absolute atomic E-state index is 0.835. The predicted molar refractivity (Wildman–Crippen MR) is 59.0 cm³/mol. The van der Waals surface area contributed by atoms with E-state index in [9.17, 15) is 0 Å². The molecule has 1 heterocycles. The van der Waals surface area contributed by atoms with Crippen molar-refractivity contribution in [2.24, 2.45) is 5.92 Å². The molecule has 13 heavy (non-hydrogen) atoms. The molecule has 0 saturated carbocycles. The van der Waals surface area contributed by atoms with Crippen LogP contribution < -0.4 is 0 Å². The molecular formula is C12H25N. The molecule has 0 aliphatic carbocycles. The fraction of sp³-hybridized carbons (Fsp3) is 1.00. The van der Waals surface area contributed by atoms with E-state index in [1.807, 2.05) is 0 Å². The summed E-state index contributed by atoms with van der Waals surface area (Å²) in [5, 5.41) is 0. The average Bonchev–Trinajstić information content (AvgIpc) is 2.43. The fourth-order valence-electron chi connectivity index (χ4n) is 2.23. The number of rotatable bonds is 5. The molecule has 0 aromatic heterocycles. The molecule has 0 amide bonds. The lowest BCUT2D eigenvalue weighted by Crippen LogP contribution is -2.30. The van der Waals surface area contributed by atoms with Crippen LogP contribution in [0.4, 0.5) is 0 Å². The minimum atomic E-state index is 0.835. The molecule has 0 N–H and O–H groups in total. The van der Waals surface area contributed by atoms with Gasteiger partial charge in [0, 0.05) is 6.04 Å². The van der Waals surface area contributed by atoms with Crippen LogP contribution in [0.1, 0.15) is 52.9 Å². The Morgan fingerprint density at radius 1 is 1.15 bits per heavy atom. The first-order chi connectivity index (χ1) is 6.25. The molecule has 78 valence electrons. The van der Waals surface area contributed by atoms with Crippen molar-refractivity contribution >= 4 is 0 Å². The molecule has 0 radical (unpaired) electrons. The van der Waals surface area contributed by atoms with Crippen LogP contribution in [0.25, 0.3) is 0 Å². The SMILES string of the molecule is CCCCCCN1CCC(C)C1C. The molecule has 1 rings (SSSR count). The Morgan fingerprint density at radius 2 is 1.92 bits per heavy atom. The van der Waals surface area contributed by atoms with Crippen molar-refractivity contribution in [1.82, 2.24) is 4.90 Å². The van der Waals surface area contributed by atoms with Crippen LogP contribution in [-0.4, -0.2) is 24.0 Å². The van der Waals surface area contributed by atoms with Crippen molar-refractivity contribution in [2.45, 2.75) is 58.9 Å². The first-order valence-corrected chi connectivity index (χ1v) is 5.99. The first-order valence-electron chi connectivity index (χ1n) is 5.99. The van der Waals surface area contributed by atoms with E-state index in [0.717, 1.165) is 12.0 Å². The van der Waals surface area contributed by atoms with Crippen LogP contribution in [0.5, 0.6) is 0 Å². The Balaban J connectivity index is 2.08. The van der Waals surface area contributed by atoms with Crippen molar-refractivity contribution in [1.29, 1.82) is 0 Å². The fourth-order valence-corrected chi connectivity index (χ4v) is 2.23. The highest BCUT2D eigenvalue weighted by atomic mass is 15.2. The maximum atomic E-state index is 2.67. The molecule has 2 atom stereocenters. The molecule has 0 aromatic rings. The van der Waals surface area contributed by atoms with E-state index in [2.05, 4.69) is 25.7 Å². The Hall–Kier alpha value is -0.0400. The summed E-state index contributed by atoms with van der Waals surface area (Å²) in [4.78, 5) is 2.67. The molecule has 1 fully saturated rings. The van der Waals surface area contributed by atoms with Gasteiger partial charge in [-0.3, -0.25) is 0 Å². The van der Waals surface area contributed by atoms with Gasteiger partial charge in [-0.15, -0.1) is 0 Å². The van der Waals surface area contributed by atoms with Crippen LogP contribution in [0.15, 0.2) is 0 Å².